The smallest absolute Gasteiger partial charge is 0.270 e. The monoisotopic (exact) mass is 438 g/mol. The zero-order valence-electron chi connectivity index (χ0n) is 18.9. The molecular weight excluding hydrogens is 411 g/mol. The van der Waals surface area contributed by atoms with Crippen molar-refractivity contribution >= 4 is 28.3 Å². The second-order valence-electron chi connectivity index (χ2n) is 8.59. The van der Waals surface area contributed by atoms with Gasteiger partial charge in [0.1, 0.15) is 23.2 Å². The molecule has 1 aliphatic rings. The maximum absolute atomic E-state index is 15.0. The van der Waals surface area contributed by atoms with Gasteiger partial charge in [0, 0.05) is 30.7 Å². The summed E-state index contributed by atoms with van der Waals surface area (Å²) in [5, 5.41) is 13.2. The number of aliphatic hydroxyl groups is 1. The maximum Gasteiger partial charge on any atom is 0.270 e. The first-order valence-electron chi connectivity index (χ1n) is 10.6. The Balaban J connectivity index is 1.77. The Morgan fingerprint density at radius 1 is 1.28 bits per heavy atom. The number of aromatic nitrogens is 2. The van der Waals surface area contributed by atoms with Gasteiger partial charge < -0.3 is 20.1 Å². The van der Waals surface area contributed by atoms with Crippen LogP contribution in [0.4, 0.5) is 15.9 Å². The normalized spacial score (nSPS) is 16.0. The molecule has 0 fully saturated rings. The SMILES string of the molecule is Cc1nc(N[C@H](C)c2cccc(CCO)c2F)c2cc3c(cc2n1)OC(C)(C)C(=O)N3C. The van der Waals surface area contributed by atoms with E-state index in [1.165, 1.54) is 0 Å². The number of nitrogens with zero attached hydrogens (tertiary/aromatic N) is 3. The van der Waals surface area contributed by atoms with Gasteiger partial charge in [-0.25, -0.2) is 14.4 Å². The third-order valence-corrected chi connectivity index (χ3v) is 5.74. The van der Waals surface area contributed by atoms with Crippen LogP contribution in [0, 0.1) is 12.7 Å². The highest BCUT2D eigenvalue weighted by Crippen LogP contribution is 2.41. The predicted molar refractivity (Wildman–Crippen MR) is 122 cm³/mol. The number of fused-ring (bicyclic) bond motifs is 2. The van der Waals surface area contributed by atoms with Crippen LogP contribution >= 0.6 is 0 Å². The number of hydrogen-bond acceptors (Lipinski definition) is 6. The number of nitrogens with one attached hydrogen (secondary N) is 1. The average molecular weight is 439 g/mol. The lowest BCUT2D eigenvalue weighted by Crippen LogP contribution is -2.50. The number of likely N-dealkylation sites (N-methyl/N-ethyl adjacent to an activating group) is 1. The second kappa shape index (κ2) is 8.02. The Kier molecular flexibility index (Phi) is 5.50. The Labute approximate surface area is 186 Å². The summed E-state index contributed by atoms with van der Waals surface area (Å²) in [5.41, 5.74) is 1.27. The van der Waals surface area contributed by atoms with Crippen molar-refractivity contribution < 1.29 is 19.0 Å². The average Bonchev–Trinajstić information content (AvgIpc) is 2.72. The van der Waals surface area contributed by atoms with Crippen LogP contribution < -0.4 is 15.0 Å². The summed E-state index contributed by atoms with van der Waals surface area (Å²) in [5.74, 6) is 1.18. The van der Waals surface area contributed by atoms with Gasteiger partial charge in [0.05, 0.1) is 17.2 Å². The second-order valence-corrected chi connectivity index (χ2v) is 8.59. The lowest BCUT2D eigenvalue weighted by molar-refractivity contribution is -0.132. The number of aliphatic hydroxyl groups excluding tert-OH is 1. The summed E-state index contributed by atoms with van der Waals surface area (Å²) in [6.45, 7) is 6.99. The molecule has 3 aromatic rings. The Hall–Kier alpha value is -3.26. The van der Waals surface area contributed by atoms with Crippen LogP contribution in [-0.4, -0.2) is 40.2 Å². The van der Waals surface area contributed by atoms with Crippen LogP contribution in [0.5, 0.6) is 5.75 Å². The van der Waals surface area contributed by atoms with E-state index in [2.05, 4.69) is 15.3 Å². The minimum absolute atomic E-state index is 0.117. The van der Waals surface area contributed by atoms with E-state index in [0.717, 1.165) is 0 Å². The molecule has 0 saturated heterocycles. The summed E-state index contributed by atoms with van der Waals surface area (Å²) in [7, 11) is 1.71. The van der Waals surface area contributed by atoms with E-state index in [9.17, 15) is 14.3 Å². The van der Waals surface area contributed by atoms with E-state index in [0.29, 0.717) is 45.1 Å². The molecule has 0 unspecified atom stereocenters. The molecule has 2 N–H and O–H groups in total. The van der Waals surface area contributed by atoms with Gasteiger partial charge in [-0.3, -0.25) is 4.79 Å². The number of amides is 1. The van der Waals surface area contributed by atoms with E-state index < -0.39 is 11.6 Å². The van der Waals surface area contributed by atoms with E-state index in [1.807, 2.05) is 19.1 Å². The molecule has 0 radical (unpaired) electrons. The molecule has 1 atom stereocenters. The summed E-state index contributed by atoms with van der Waals surface area (Å²) in [6.07, 6.45) is 0.255. The first-order chi connectivity index (χ1) is 15.1. The van der Waals surface area contributed by atoms with Crippen LogP contribution in [0.2, 0.25) is 0 Å². The highest BCUT2D eigenvalue weighted by molar-refractivity contribution is 6.05. The van der Waals surface area contributed by atoms with E-state index in [4.69, 9.17) is 4.74 Å². The molecule has 7 nitrogen and oxygen atoms in total. The molecule has 2 aromatic carbocycles. The highest BCUT2D eigenvalue weighted by atomic mass is 19.1. The molecule has 2 heterocycles. The molecule has 168 valence electrons. The van der Waals surface area contributed by atoms with Crippen molar-refractivity contribution in [3.05, 3.63) is 53.1 Å². The number of rotatable bonds is 5. The molecule has 0 bridgehead atoms. The number of benzene rings is 2. The molecule has 8 heteroatoms. The van der Waals surface area contributed by atoms with Crippen molar-refractivity contribution in [2.45, 2.75) is 45.8 Å². The molecule has 0 aliphatic carbocycles. The maximum atomic E-state index is 15.0. The number of halogens is 1. The minimum Gasteiger partial charge on any atom is -0.476 e. The molecule has 4 rings (SSSR count). The van der Waals surface area contributed by atoms with Crippen molar-refractivity contribution in [1.29, 1.82) is 0 Å². The Bertz CT molecular complexity index is 1210. The summed E-state index contributed by atoms with van der Waals surface area (Å²) in [6, 6.07) is 8.41. The number of hydrogen-bond donors (Lipinski definition) is 2. The van der Waals surface area contributed by atoms with Gasteiger partial charge in [-0.2, -0.15) is 0 Å². The first-order valence-corrected chi connectivity index (χ1v) is 10.6. The quantitative estimate of drug-likeness (QED) is 0.628. The summed E-state index contributed by atoms with van der Waals surface area (Å²) < 4.78 is 20.9. The molecule has 32 heavy (non-hydrogen) atoms. The number of anilines is 2. The van der Waals surface area contributed by atoms with E-state index in [1.54, 1.807) is 50.9 Å². The zero-order chi connectivity index (χ0) is 23.2. The van der Waals surface area contributed by atoms with Crippen molar-refractivity contribution in [3.8, 4) is 5.75 Å². The van der Waals surface area contributed by atoms with Gasteiger partial charge in [-0.15, -0.1) is 0 Å². The standard InChI is InChI=1S/C24H27FN4O3/c1-13(16-8-6-7-15(9-10-30)21(16)25)26-22-17-11-19-20(12-18(17)27-14(2)28-22)32-24(3,4)23(31)29(19)5/h6-8,11-13,30H,9-10H2,1-5H3,(H,26,27,28)/t13-/m1/s1. The Morgan fingerprint density at radius 3 is 2.75 bits per heavy atom. The topological polar surface area (TPSA) is 87.6 Å². The van der Waals surface area contributed by atoms with Crippen molar-refractivity contribution in [3.63, 3.8) is 0 Å². The molecule has 1 aliphatic heterocycles. The lowest BCUT2D eigenvalue weighted by Gasteiger charge is -2.37. The van der Waals surface area contributed by atoms with E-state index >= 15 is 0 Å². The lowest BCUT2D eigenvalue weighted by atomic mass is 10.0. The highest BCUT2D eigenvalue weighted by Gasteiger charge is 2.39. The third kappa shape index (κ3) is 3.75. The minimum atomic E-state index is -0.968. The fraction of sp³-hybridized carbons (Fsp3) is 0.375. The molecule has 1 amide bonds. The van der Waals surface area contributed by atoms with Gasteiger partial charge >= 0.3 is 0 Å². The van der Waals surface area contributed by atoms with Crippen molar-refractivity contribution in [2.24, 2.45) is 0 Å². The zero-order valence-corrected chi connectivity index (χ0v) is 18.9. The summed E-state index contributed by atoms with van der Waals surface area (Å²) in [4.78, 5) is 23.3. The third-order valence-electron chi connectivity index (χ3n) is 5.74. The fourth-order valence-corrected chi connectivity index (χ4v) is 4.08. The number of aryl methyl sites for hydroxylation is 1. The van der Waals surface area contributed by atoms with Gasteiger partial charge in [0.15, 0.2) is 5.60 Å². The van der Waals surface area contributed by atoms with Gasteiger partial charge in [0.25, 0.3) is 5.91 Å². The van der Waals surface area contributed by atoms with Crippen LogP contribution in [-0.2, 0) is 11.2 Å². The summed E-state index contributed by atoms with van der Waals surface area (Å²) >= 11 is 0. The predicted octanol–water partition coefficient (Wildman–Crippen LogP) is 3.92. The van der Waals surface area contributed by atoms with Crippen LogP contribution in [0.3, 0.4) is 0 Å². The first kappa shape index (κ1) is 22.0. The number of carbonyl (C=O) groups excluding carboxylic acids is 1. The van der Waals surface area contributed by atoms with Crippen molar-refractivity contribution in [2.75, 3.05) is 23.9 Å². The van der Waals surface area contributed by atoms with Crippen LogP contribution in [0.1, 0.15) is 43.8 Å². The largest absolute Gasteiger partial charge is 0.476 e. The number of ether oxygens (including phenoxy) is 1. The van der Waals surface area contributed by atoms with Gasteiger partial charge in [-0.05, 0) is 45.7 Å². The number of carbonyl (C=O) groups is 1. The molecule has 0 saturated carbocycles. The molecule has 1 aromatic heterocycles. The van der Waals surface area contributed by atoms with Crippen molar-refractivity contribution in [1.82, 2.24) is 9.97 Å². The van der Waals surface area contributed by atoms with Crippen LogP contribution in [0.25, 0.3) is 10.9 Å². The fourth-order valence-electron chi connectivity index (χ4n) is 4.08. The Morgan fingerprint density at radius 2 is 2.03 bits per heavy atom. The van der Waals surface area contributed by atoms with Gasteiger partial charge in [-0.1, -0.05) is 18.2 Å². The van der Waals surface area contributed by atoms with Gasteiger partial charge in [0.2, 0.25) is 0 Å². The molecule has 0 spiro atoms. The van der Waals surface area contributed by atoms with E-state index in [-0.39, 0.29) is 24.8 Å². The molecular formula is C24H27FN4O3. The van der Waals surface area contributed by atoms with Crippen LogP contribution in [0.15, 0.2) is 30.3 Å².